The first-order chi connectivity index (χ1) is 15.6. The maximum Gasteiger partial charge on any atom is 0.227 e. The number of rotatable bonds is 4. The summed E-state index contributed by atoms with van der Waals surface area (Å²) in [6.45, 7) is 12.8. The average molecular weight is 460 g/mol. The van der Waals surface area contributed by atoms with Gasteiger partial charge in [0.2, 0.25) is 5.91 Å². The van der Waals surface area contributed by atoms with Gasteiger partial charge in [-0.05, 0) is 32.3 Å². The van der Waals surface area contributed by atoms with E-state index in [1.165, 1.54) is 10.4 Å². The normalized spacial score (nSPS) is 23.1. The zero-order valence-electron chi connectivity index (χ0n) is 19.1. The second kappa shape index (κ2) is 9.59. The third-order valence-corrected chi connectivity index (χ3v) is 8.02. The summed E-state index contributed by atoms with van der Waals surface area (Å²) in [6.07, 6.45) is 1.95. The number of ether oxygens (including phenoxy) is 2. The molecule has 174 valence electrons. The predicted octanol–water partition coefficient (Wildman–Crippen LogP) is 2.22. The van der Waals surface area contributed by atoms with Crippen molar-refractivity contribution in [3.8, 4) is 0 Å². The van der Waals surface area contributed by atoms with Crippen LogP contribution in [0.1, 0.15) is 29.1 Å². The van der Waals surface area contributed by atoms with E-state index in [1.807, 2.05) is 4.90 Å². The lowest BCUT2D eigenvalue weighted by Crippen LogP contribution is -2.48. The van der Waals surface area contributed by atoms with Crippen LogP contribution >= 0.6 is 11.3 Å². The minimum absolute atomic E-state index is 0.0228. The third kappa shape index (κ3) is 4.48. The van der Waals surface area contributed by atoms with Gasteiger partial charge in [-0.3, -0.25) is 9.69 Å². The van der Waals surface area contributed by atoms with Gasteiger partial charge < -0.3 is 19.3 Å². The SMILES string of the molecule is Cc1sc2nc(CN3CCOCC3)nc(N3CCCC(C(=O)N4CCOCC4)C3)c2c1C. The summed E-state index contributed by atoms with van der Waals surface area (Å²) >= 11 is 1.75. The first-order valence-electron chi connectivity index (χ1n) is 11.8. The molecule has 3 fully saturated rings. The fourth-order valence-corrected chi connectivity index (χ4v) is 5.99. The molecular weight excluding hydrogens is 426 g/mol. The summed E-state index contributed by atoms with van der Waals surface area (Å²) in [5, 5.41) is 1.16. The Labute approximate surface area is 193 Å². The lowest BCUT2D eigenvalue weighted by atomic mass is 9.96. The van der Waals surface area contributed by atoms with E-state index in [2.05, 4.69) is 23.6 Å². The standard InChI is InChI=1S/C23H33N5O3S/c1-16-17(2)32-22-20(16)21(24-19(25-22)15-26-6-10-30-11-7-26)28-5-3-4-18(14-28)23(29)27-8-12-31-13-9-27/h18H,3-15H2,1-2H3. The lowest BCUT2D eigenvalue weighted by Gasteiger charge is -2.37. The van der Waals surface area contributed by atoms with Crippen molar-refractivity contribution in [1.82, 2.24) is 19.8 Å². The van der Waals surface area contributed by atoms with E-state index in [1.54, 1.807) is 11.3 Å². The molecule has 0 N–H and O–H groups in total. The van der Waals surface area contributed by atoms with Crippen molar-refractivity contribution in [2.24, 2.45) is 5.92 Å². The van der Waals surface area contributed by atoms with Crippen LogP contribution in [0.5, 0.6) is 0 Å². The largest absolute Gasteiger partial charge is 0.379 e. The number of aromatic nitrogens is 2. The van der Waals surface area contributed by atoms with Gasteiger partial charge in [-0.25, -0.2) is 9.97 Å². The smallest absolute Gasteiger partial charge is 0.227 e. The molecule has 5 rings (SSSR count). The lowest BCUT2D eigenvalue weighted by molar-refractivity contribution is -0.139. The molecule has 2 aromatic heterocycles. The molecule has 3 aliphatic rings. The molecule has 1 unspecified atom stereocenters. The van der Waals surface area contributed by atoms with E-state index in [-0.39, 0.29) is 11.8 Å². The number of fused-ring (bicyclic) bond motifs is 1. The summed E-state index contributed by atoms with van der Waals surface area (Å²) < 4.78 is 10.9. The fourth-order valence-electron chi connectivity index (χ4n) is 4.94. The van der Waals surface area contributed by atoms with Gasteiger partial charge >= 0.3 is 0 Å². The first kappa shape index (κ1) is 22.0. The number of aryl methyl sites for hydroxylation is 2. The van der Waals surface area contributed by atoms with Crippen LogP contribution in [0.4, 0.5) is 5.82 Å². The van der Waals surface area contributed by atoms with E-state index < -0.39 is 0 Å². The van der Waals surface area contributed by atoms with Crippen LogP contribution in [0.3, 0.4) is 0 Å². The van der Waals surface area contributed by atoms with Gasteiger partial charge in [0.15, 0.2) is 0 Å². The number of piperidine rings is 1. The van der Waals surface area contributed by atoms with Gasteiger partial charge in [-0.2, -0.15) is 0 Å². The molecule has 0 radical (unpaired) electrons. The predicted molar refractivity (Wildman–Crippen MR) is 125 cm³/mol. The van der Waals surface area contributed by atoms with Crippen molar-refractivity contribution in [3.63, 3.8) is 0 Å². The fraction of sp³-hybridized carbons (Fsp3) is 0.696. The number of carbonyl (C=O) groups excluding carboxylic acids is 1. The minimum atomic E-state index is 0.0228. The Morgan fingerprint density at radius 3 is 2.50 bits per heavy atom. The highest BCUT2D eigenvalue weighted by molar-refractivity contribution is 7.18. The van der Waals surface area contributed by atoms with Crippen molar-refractivity contribution in [3.05, 3.63) is 16.3 Å². The zero-order chi connectivity index (χ0) is 22.1. The van der Waals surface area contributed by atoms with Crippen LogP contribution < -0.4 is 4.90 Å². The van der Waals surface area contributed by atoms with E-state index >= 15 is 0 Å². The number of carbonyl (C=O) groups is 1. The number of nitrogens with zero attached hydrogens (tertiary/aromatic N) is 5. The first-order valence-corrected chi connectivity index (χ1v) is 12.6. The highest BCUT2D eigenvalue weighted by Crippen LogP contribution is 2.37. The Morgan fingerprint density at radius 1 is 1.03 bits per heavy atom. The molecule has 1 atom stereocenters. The van der Waals surface area contributed by atoms with Crippen molar-refractivity contribution >= 4 is 33.3 Å². The topological polar surface area (TPSA) is 71.0 Å². The van der Waals surface area contributed by atoms with Gasteiger partial charge in [0.25, 0.3) is 0 Å². The molecule has 1 amide bonds. The van der Waals surface area contributed by atoms with Crippen LogP contribution in [-0.2, 0) is 20.8 Å². The molecule has 9 heteroatoms. The van der Waals surface area contributed by atoms with Crippen molar-refractivity contribution < 1.29 is 14.3 Å². The maximum absolute atomic E-state index is 13.2. The van der Waals surface area contributed by atoms with Gasteiger partial charge in [0, 0.05) is 44.1 Å². The second-order valence-electron chi connectivity index (χ2n) is 9.04. The van der Waals surface area contributed by atoms with E-state index in [0.717, 1.165) is 80.6 Å². The molecule has 0 aromatic carbocycles. The van der Waals surface area contributed by atoms with Crippen LogP contribution in [0.15, 0.2) is 0 Å². The highest BCUT2D eigenvalue weighted by atomic mass is 32.1. The molecular formula is C23H33N5O3S. The summed E-state index contributed by atoms with van der Waals surface area (Å²) in [4.78, 5) is 32.3. The Hall–Kier alpha value is -1.81. The van der Waals surface area contributed by atoms with E-state index in [0.29, 0.717) is 26.3 Å². The molecule has 0 saturated carbocycles. The second-order valence-corrected chi connectivity index (χ2v) is 10.2. The average Bonchev–Trinajstić information content (AvgIpc) is 3.12. The van der Waals surface area contributed by atoms with E-state index in [4.69, 9.17) is 19.4 Å². The van der Waals surface area contributed by atoms with Crippen LogP contribution in [0.2, 0.25) is 0 Å². The maximum atomic E-state index is 13.2. The number of anilines is 1. The molecule has 32 heavy (non-hydrogen) atoms. The number of amides is 1. The Balaban J connectivity index is 1.42. The zero-order valence-corrected chi connectivity index (χ0v) is 20.0. The molecule has 8 nitrogen and oxygen atoms in total. The summed E-state index contributed by atoms with van der Waals surface area (Å²) in [5.41, 5.74) is 1.26. The number of morpholine rings is 2. The Kier molecular flexibility index (Phi) is 6.59. The summed E-state index contributed by atoms with van der Waals surface area (Å²) in [5.74, 6) is 2.18. The van der Waals surface area contributed by atoms with Gasteiger partial charge in [0.05, 0.1) is 44.3 Å². The van der Waals surface area contributed by atoms with Gasteiger partial charge in [0.1, 0.15) is 16.5 Å². The van der Waals surface area contributed by atoms with Gasteiger partial charge in [-0.15, -0.1) is 11.3 Å². The Morgan fingerprint density at radius 2 is 1.75 bits per heavy atom. The summed E-state index contributed by atoms with van der Waals surface area (Å²) in [6, 6.07) is 0. The van der Waals surface area contributed by atoms with Crippen LogP contribution in [0.25, 0.3) is 10.2 Å². The molecule has 0 spiro atoms. The quantitative estimate of drug-likeness (QED) is 0.694. The molecule has 5 heterocycles. The van der Waals surface area contributed by atoms with E-state index in [9.17, 15) is 4.79 Å². The molecule has 3 aliphatic heterocycles. The third-order valence-electron chi connectivity index (χ3n) is 6.92. The van der Waals surface area contributed by atoms with Crippen molar-refractivity contribution in [1.29, 1.82) is 0 Å². The molecule has 0 aliphatic carbocycles. The molecule has 3 saturated heterocycles. The molecule has 0 bridgehead atoms. The number of thiophene rings is 1. The van der Waals surface area contributed by atoms with Gasteiger partial charge in [-0.1, -0.05) is 0 Å². The monoisotopic (exact) mass is 459 g/mol. The summed E-state index contributed by atoms with van der Waals surface area (Å²) in [7, 11) is 0. The molecule has 2 aromatic rings. The van der Waals surface area contributed by atoms with Crippen LogP contribution in [-0.4, -0.2) is 91.4 Å². The minimum Gasteiger partial charge on any atom is -0.379 e. The van der Waals surface area contributed by atoms with Crippen molar-refractivity contribution in [2.45, 2.75) is 33.2 Å². The van der Waals surface area contributed by atoms with Crippen molar-refractivity contribution in [2.75, 3.05) is 70.6 Å². The van der Waals surface area contributed by atoms with Crippen LogP contribution in [0, 0.1) is 19.8 Å². The highest BCUT2D eigenvalue weighted by Gasteiger charge is 2.32. The Bertz CT molecular complexity index is 968. The number of hydrogen-bond acceptors (Lipinski definition) is 8. The number of hydrogen-bond donors (Lipinski definition) is 0.